The molecule has 1 rings (SSSR count). The van der Waals surface area contributed by atoms with E-state index in [-0.39, 0.29) is 11.7 Å². The number of carboxylic acid groups (broad SMARTS) is 1. The van der Waals surface area contributed by atoms with Gasteiger partial charge < -0.3 is 20.3 Å². The second-order valence-corrected chi connectivity index (χ2v) is 2.72. The van der Waals surface area contributed by atoms with E-state index in [0.29, 0.717) is 12.2 Å². The minimum absolute atomic E-state index is 0.142. The van der Waals surface area contributed by atoms with E-state index in [1.165, 1.54) is 18.3 Å². The van der Waals surface area contributed by atoms with Gasteiger partial charge in [-0.05, 0) is 24.8 Å². The molecule has 14 heavy (non-hydrogen) atoms. The van der Waals surface area contributed by atoms with Gasteiger partial charge in [0.05, 0.1) is 5.92 Å². The van der Waals surface area contributed by atoms with Gasteiger partial charge in [-0.1, -0.05) is 0 Å². The van der Waals surface area contributed by atoms with Crippen LogP contribution in [0.15, 0.2) is 16.5 Å². The summed E-state index contributed by atoms with van der Waals surface area (Å²) < 4.78 is 5.00. The normalized spacial score (nSPS) is 12.0. The van der Waals surface area contributed by atoms with Gasteiger partial charge in [0.15, 0.2) is 0 Å². The molecule has 0 amide bonds. The van der Waals surface area contributed by atoms with E-state index in [2.05, 4.69) is 0 Å². The van der Waals surface area contributed by atoms with E-state index >= 15 is 0 Å². The monoisotopic (exact) mass is 194 g/mol. The second-order valence-electron chi connectivity index (χ2n) is 2.72. The first kappa shape index (κ1) is 10.2. The summed E-state index contributed by atoms with van der Waals surface area (Å²) in [6, 6.07) is 2.86. The molecule has 1 heterocycles. The zero-order chi connectivity index (χ0) is 10.6. The first-order chi connectivity index (χ1) is 6.69. The standard InChI is InChI=1S/C9H10N2O3/c10-4-3-6(5-11)7-1-2-8(14-7)9(12)13/h1-2,4-6,10-11H,3H2,(H,12,13). The lowest BCUT2D eigenvalue weighted by molar-refractivity contribution is 0.0660. The van der Waals surface area contributed by atoms with Crippen molar-refractivity contribution in [3.8, 4) is 0 Å². The van der Waals surface area contributed by atoms with Crippen molar-refractivity contribution in [1.82, 2.24) is 0 Å². The molecule has 0 aliphatic carbocycles. The van der Waals surface area contributed by atoms with Gasteiger partial charge in [-0.2, -0.15) is 0 Å². The third-order valence-electron chi connectivity index (χ3n) is 1.78. The molecular formula is C9H10N2O3. The third-order valence-corrected chi connectivity index (χ3v) is 1.78. The summed E-state index contributed by atoms with van der Waals surface area (Å²) in [5.41, 5.74) is 0. The average Bonchev–Trinajstić information content (AvgIpc) is 2.63. The van der Waals surface area contributed by atoms with Crippen molar-refractivity contribution in [3.05, 3.63) is 23.7 Å². The Morgan fingerprint density at radius 2 is 2.29 bits per heavy atom. The Morgan fingerprint density at radius 3 is 2.71 bits per heavy atom. The first-order valence-electron chi connectivity index (χ1n) is 4.01. The van der Waals surface area contributed by atoms with Gasteiger partial charge in [-0.15, -0.1) is 0 Å². The molecule has 1 aromatic heterocycles. The van der Waals surface area contributed by atoms with E-state index in [0.717, 1.165) is 6.21 Å². The van der Waals surface area contributed by atoms with Crippen LogP contribution in [0, 0.1) is 10.8 Å². The number of carbonyl (C=O) groups is 1. The molecule has 0 aromatic carbocycles. The number of nitrogens with one attached hydrogen (secondary N) is 2. The lowest BCUT2D eigenvalue weighted by atomic mass is 10.1. The number of aromatic carboxylic acids is 1. The third kappa shape index (κ3) is 2.07. The molecule has 1 unspecified atom stereocenters. The fourth-order valence-electron chi connectivity index (χ4n) is 1.06. The second kappa shape index (κ2) is 4.36. The molecule has 74 valence electrons. The van der Waals surface area contributed by atoms with Gasteiger partial charge in [-0.3, -0.25) is 0 Å². The fourth-order valence-corrected chi connectivity index (χ4v) is 1.06. The van der Waals surface area contributed by atoms with Crippen molar-refractivity contribution >= 4 is 18.4 Å². The highest BCUT2D eigenvalue weighted by molar-refractivity contribution is 5.84. The van der Waals surface area contributed by atoms with Crippen molar-refractivity contribution in [2.24, 2.45) is 0 Å². The summed E-state index contributed by atoms with van der Waals surface area (Å²) in [4.78, 5) is 10.5. The Morgan fingerprint density at radius 1 is 1.57 bits per heavy atom. The van der Waals surface area contributed by atoms with E-state index < -0.39 is 5.97 Å². The molecule has 3 N–H and O–H groups in total. The van der Waals surface area contributed by atoms with Crippen LogP contribution in [0.5, 0.6) is 0 Å². The molecule has 1 aromatic rings. The minimum Gasteiger partial charge on any atom is -0.475 e. The maximum absolute atomic E-state index is 10.5. The SMILES string of the molecule is N=CCC(C=N)c1ccc(C(=O)O)o1. The van der Waals surface area contributed by atoms with Crippen molar-refractivity contribution in [1.29, 1.82) is 10.8 Å². The highest BCUT2D eigenvalue weighted by Gasteiger charge is 2.14. The Labute approximate surface area is 80.4 Å². The number of hydrogen-bond donors (Lipinski definition) is 3. The van der Waals surface area contributed by atoms with Crippen LogP contribution in [-0.2, 0) is 0 Å². The summed E-state index contributed by atoms with van der Waals surface area (Å²) in [7, 11) is 0. The van der Waals surface area contributed by atoms with Crippen molar-refractivity contribution in [2.75, 3.05) is 0 Å². The lowest BCUT2D eigenvalue weighted by Gasteiger charge is -2.03. The molecule has 0 saturated heterocycles. The molecular weight excluding hydrogens is 184 g/mol. The summed E-state index contributed by atoms with van der Waals surface area (Å²) in [5.74, 6) is -1.21. The van der Waals surface area contributed by atoms with E-state index in [9.17, 15) is 4.79 Å². The molecule has 1 atom stereocenters. The zero-order valence-electron chi connectivity index (χ0n) is 7.36. The number of carboxylic acids is 1. The smallest absolute Gasteiger partial charge is 0.371 e. The zero-order valence-corrected chi connectivity index (χ0v) is 7.36. The van der Waals surface area contributed by atoms with Crippen LogP contribution in [0.25, 0.3) is 0 Å². The molecule has 0 radical (unpaired) electrons. The van der Waals surface area contributed by atoms with E-state index in [1.807, 2.05) is 0 Å². The molecule has 0 saturated carbocycles. The summed E-state index contributed by atoms with van der Waals surface area (Å²) in [6.45, 7) is 0. The van der Waals surface area contributed by atoms with Crippen LogP contribution < -0.4 is 0 Å². The van der Waals surface area contributed by atoms with E-state index in [4.69, 9.17) is 20.3 Å². The number of rotatable bonds is 5. The van der Waals surface area contributed by atoms with Crippen molar-refractivity contribution in [3.63, 3.8) is 0 Å². The maximum atomic E-state index is 10.5. The van der Waals surface area contributed by atoms with Crippen LogP contribution in [0.1, 0.15) is 28.7 Å². The Bertz CT molecular complexity index is 357. The number of furan rings is 1. The Kier molecular flexibility index (Phi) is 3.17. The Balaban J connectivity index is 2.88. The summed E-state index contributed by atoms with van der Waals surface area (Å²) in [6.07, 6.45) is 2.64. The topological polar surface area (TPSA) is 98.1 Å². The lowest BCUT2D eigenvalue weighted by Crippen LogP contribution is -1.99. The molecule has 5 nitrogen and oxygen atoms in total. The molecule has 0 aliphatic heterocycles. The van der Waals surface area contributed by atoms with Gasteiger partial charge in [0, 0.05) is 6.21 Å². The number of hydrogen-bond acceptors (Lipinski definition) is 4. The van der Waals surface area contributed by atoms with Crippen molar-refractivity contribution in [2.45, 2.75) is 12.3 Å². The molecule has 0 fully saturated rings. The predicted octanol–water partition coefficient (Wildman–Crippen LogP) is 1.75. The van der Waals surface area contributed by atoms with Crippen LogP contribution in [0.3, 0.4) is 0 Å². The molecule has 5 heteroatoms. The maximum Gasteiger partial charge on any atom is 0.371 e. The molecule has 0 aliphatic rings. The largest absolute Gasteiger partial charge is 0.475 e. The quantitative estimate of drug-likeness (QED) is 0.622. The van der Waals surface area contributed by atoms with Gasteiger partial charge in [-0.25, -0.2) is 4.79 Å². The van der Waals surface area contributed by atoms with E-state index in [1.54, 1.807) is 0 Å². The Hall–Kier alpha value is -1.91. The average molecular weight is 194 g/mol. The summed E-state index contributed by atoms with van der Waals surface area (Å²) in [5, 5.41) is 22.6. The highest BCUT2D eigenvalue weighted by atomic mass is 16.4. The summed E-state index contributed by atoms with van der Waals surface area (Å²) >= 11 is 0. The van der Waals surface area contributed by atoms with Crippen LogP contribution in [0.4, 0.5) is 0 Å². The first-order valence-corrected chi connectivity index (χ1v) is 4.01. The van der Waals surface area contributed by atoms with Gasteiger partial charge in [0.25, 0.3) is 0 Å². The van der Waals surface area contributed by atoms with Crippen molar-refractivity contribution < 1.29 is 14.3 Å². The van der Waals surface area contributed by atoms with Crippen LogP contribution in [0.2, 0.25) is 0 Å². The molecule has 0 spiro atoms. The predicted molar refractivity (Wildman–Crippen MR) is 50.6 cm³/mol. The van der Waals surface area contributed by atoms with Gasteiger partial charge in [0.1, 0.15) is 5.76 Å². The van der Waals surface area contributed by atoms with Gasteiger partial charge >= 0.3 is 5.97 Å². The van der Waals surface area contributed by atoms with Crippen LogP contribution in [-0.4, -0.2) is 23.5 Å². The van der Waals surface area contributed by atoms with Gasteiger partial charge in [0.2, 0.25) is 5.76 Å². The fraction of sp³-hybridized carbons (Fsp3) is 0.222. The molecule has 0 bridgehead atoms. The van der Waals surface area contributed by atoms with Crippen LogP contribution >= 0.6 is 0 Å². The minimum atomic E-state index is -1.13. The highest BCUT2D eigenvalue weighted by Crippen LogP contribution is 2.19.